The van der Waals surface area contributed by atoms with Crippen LogP contribution in [0.4, 0.5) is 5.13 Å². The zero-order chi connectivity index (χ0) is 17.6. The predicted octanol–water partition coefficient (Wildman–Crippen LogP) is 4.37. The summed E-state index contributed by atoms with van der Waals surface area (Å²) in [5.41, 5.74) is 7.85. The smallest absolute Gasteiger partial charge is 0.242 e. The average molecular weight is 396 g/mol. The van der Waals surface area contributed by atoms with Crippen molar-refractivity contribution in [2.24, 2.45) is 5.73 Å². The summed E-state index contributed by atoms with van der Waals surface area (Å²) in [5, 5.41) is 3.32. The van der Waals surface area contributed by atoms with Gasteiger partial charge >= 0.3 is 0 Å². The minimum absolute atomic E-state index is 0. The van der Waals surface area contributed by atoms with Gasteiger partial charge in [-0.3, -0.25) is 4.79 Å². The Morgan fingerprint density at radius 3 is 2.81 bits per heavy atom. The first kappa shape index (κ1) is 20.8. The SMILES string of the molecule is C[C@H](N)C(=O)Nc1ncc(-c2ccccc2COC2CCCCC2)s1.Cl. The number of hydrogen-bond acceptors (Lipinski definition) is 5. The third kappa shape index (κ3) is 5.51. The van der Waals surface area contributed by atoms with Crippen LogP contribution in [0.2, 0.25) is 0 Å². The number of halogens is 1. The Hall–Kier alpha value is -1.47. The van der Waals surface area contributed by atoms with E-state index >= 15 is 0 Å². The minimum Gasteiger partial charge on any atom is -0.374 e. The molecule has 7 heteroatoms. The molecule has 142 valence electrons. The van der Waals surface area contributed by atoms with E-state index in [-0.39, 0.29) is 18.3 Å². The van der Waals surface area contributed by atoms with E-state index in [0.717, 1.165) is 28.8 Å². The van der Waals surface area contributed by atoms with Crippen LogP contribution < -0.4 is 11.1 Å². The Kier molecular flexibility index (Phi) is 8.03. The number of nitrogens with one attached hydrogen (secondary N) is 1. The minimum atomic E-state index is -0.552. The monoisotopic (exact) mass is 395 g/mol. The van der Waals surface area contributed by atoms with E-state index in [1.165, 1.54) is 30.6 Å². The second-order valence-electron chi connectivity index (χ2n) is 6.54. The fraction of sp³-hybridized carbons (Fsp3) is 0.474. The van der Waals surface area contributed by atoms with Gasteiger partial charge in [0.25, 0.3) is 0 Å². The number of carbonyl (C=O) groups excluding carboxylic acids is 1. The number of rotatable bonds is 6. The molecular weight excluding hydrogens is 370 g/mol. The molecule has 0 unspecified atom stereocenters. The lowest BCUT2D eigenvalue weighted by Gasteiger charge is -2.22. The van der Waals surface area contributed by atoms with Gasteiger partial charge < -0.3 is 15.8 Å². The summed E-state index contributed by atoms with van der Waals surface area (Å²) in [7, 11) is 0. The van der Waals surface area contributed by atoms with Gasteiger partial charge in [0.05, 0.1) is 23.6 Å². The van der Waals surface area contributed by atoms with Crippen molar-refractivity contribution in [2.75, 3.05) is 5.32 Å². The molecule has 1 aromatic carbocycles. The topological polar surface area (TPSA) is 77.2 Å². The van der Waals surface area contributed by atoms with Crippen molar-refractivity contribution in [3.05, 3.63) is 36.0 Å². The van der Waals surface area contributed by atoms with Crippen molar-refractivity contribution < 1.29 is 9.53 Å². The zero-order valence-electron chi connectivity index (χ0n) is 14.9. The lowest BCUT2D eigenvalue weighted by molar-refractivity contribution is -0.117. The number of aromatic nitrogens is 1. The van der Waals surface area contributed by atoms with Crippen LogP contribution in [0, 0.1) is 0 Å². The van der Waals surface area contributed by atoms with Gasteiger partial charge in [-0.05, 0) is 30.9 Å². The largest absolute Gasteiger partial charge is 0.374 e. The average Bonchev–Trinajstić information content (AvgIpc) is 3.09. The maximum atomic E-state index is 11.7. The molecule has 1 aromatic heterocycles. The highest BCUT2D eigenvalue weighted by Crippen LogP contribution is 2.32. The first-order valence-corrected chi connectivity index (χ1v) is 9.67. The van der Waals surface area contributed by atoms with Crippen LogP contribution >= 0.6 is 23.7 Å². The first-order chi connectivity index (χ1) is 12.1. The molecule has 0 aliphatic heterocycles. The van der Waals surface area contributed by atoms with E-state index in [4.69, 9.17) is 10.5 Å². The Morgan fingerprint density at radius 2 is 2.08 bits per heavy atom. The number of nitrogens with two attached hydrogens (primary N) is 1. The molecule has 0 bridgehead atoms. The van der Waals surface area contributed by atoms with Crippen LogP contribution in [0.5, 0.6) is 0 Å². The van der Waals surface area contributed by atoms with Gasteiger partial charge in [-0.2, -0.15) is 0 Å². The number of carbonyl (C=O) groups is 1. The molecule has 1 amide bonds. The quantitative estimate of drug-likeness (QED) is 0.761. The second-order valence-corrected chi connectivity index (χ2v) is 7.57. The number of thiazole rings is 1. The van der Waals surface area contributed by atoms with Gasteiger partial charge in [0, 0.05) is 6.20 Å². The number of nitrogens with zero attached hydrogens (tertiary/aromatic N) is 1. The number of hydrogen-bond donors (Lipinski definition) is 2. The molecular formula is C19H26ClN3O2S. The predicted molar refractivity (Wildman–Crippen MR) is 109 cm³/mol. The Morgan fingerprint density at radius 1 is 1.35 bits per heavy atom. The summed E-state index contributed by atoms with van der Waals surface area (Å²) in [6.07, 6.45) is 8.36. The summed E-state index contributed by atoms with van der Waals surface area (Å²) in [6, 6.07) is 7.66. The molecule has 0 spiro atoms. The van der Waals surface area contributed by atoms with Crippen LogP contribution in [0.3, 0.4) is 0 Å². The summed E-state index contributed by atoms with van der Waals surface area (Å²) in [4.78, 5) is 17.0. The maximum Gasteiger partial charge on any atom is 0.242 e. The normalized spacial score (nSPS) is 15.9. The van der Waals surface area contributed by atoms with Crippen LogP contribution in [0.25, 0.3) is 10.4 Å². The summed E-state index contributed by atoms with van der Waals surface area (Å²) < 4.78 is 6.13. The summed E-state index contributed by atoms with van der Waals surface area (Å²) in [5.74, 6) is -0.227. The van der Waals surface area contributed by atoms with Gasteiger partial charge in [-0.25, -0.2) is 4.98 Å². The first-order valence-electron chi connectivity index (χ1n) is 8.85. The van der Waals surface area contributed by atoms with Gasteiger partial charge in [-0.15, -0.1) is 12.4 Å². The second kappa shape index (κ2) is 10.0. The highest BCUT2D eigenvalue weighted by atomic mass is 35.5. The summed E-state index contributed by atoms with van der Waals surface area (Å²) >= 11 is 1.45. The third-order valence-electron chi connectivity index (χ3n) is 4.46. The van der Waals surface area contributed by atoms with Crippen molar-refractivity contribution in [2.45, 2.75) is 57.8 Å². The van der Waals surface area contributed by atoms with Crippen LogP contribution in [-0.2, 0) is 16.1 Å². The fourth-order valence-corrected chi connectivity index (χ4v) is 3.88. The van der Waals surface area contributed by atoms with E-state index in [2.05, 4.69) is 22.4 Å². The number of amides is 1. The van der Waals surface area contributed by atoms with Crippen molar-refractivity contribution in [1.29, 1.82) is 0 Å². The molecule has 1 saturated carbocycles. The van der Waals surface area contributed by atoms with E-state index in [1.807, 2.05) is 12.1 Å². The Balaban J connectivity index is 0.00000243. The maximum absolute atomic E-state index is 11.7. The molecule has 1 fully saturated rings. The van der Waals surface area contributed by atoms with Gasteiger partial charge in [0.2, 0.25) is 5.91 Å². The van der Waals surface area contributed by atoms with E-state index < -0.39 is 6.04 Å². The summed E-state index contributed by atoms with van der Waals surface area (Å²) in [6.45, 7) is 2.27. The molecule has 1 aliphatic carbocycles. The Bertz CT molecular complexity index is 714. The molecule has 26 heavy (non-hydrogen) atoms. The molecule has 1 aliphatic rings. The molecule has 5 nitrogen and oxygen atoms in total. The fourth-order valence-electron chi connectivity index (χ4n) is 3.00. The molecule has 1 heterocycles. The Labute approximate surface area is 164 Å². The standard InChI is InChI=1S/C19H25N3O2S.ClH/c1-13(20)18(23)22-19-21-11-17(25-19)16-10-6-5-7-14(16)12-24-15-8-3-2-4-9-15;/h5-7,10-11,13,15H,2-4,8-9,12,20H2,1H3,(H,21,22,23);1H/t13-;/m0./s1. The van der Waals surface area contributed by atoms with Crippen molar-refractivity contribution >= 4 is 34.8 Å². The zero-order valence-corrected chi connectivity index (χ0v) is 16.6. The number of anilines is 1. The third-order valence-corrected chi connectivity index (χ3v) is 5.41. The molecule has 0 saturated heterocycles. The molecule has 1 atom stereocenters. The number of benzene rings is 1. The van der Waals surface area contributed by atoms with Crippen LogP contribution in [0.15, 0.2) is 30.5 Å². The highest BCUT2D eigenvalue weighted by molar-refractivity contribution is 7.19. The lowest BCUT2D eigenvalue weighted by Crippen LogP contribution is -2.32. The number of ether oxygens (including phenoxy) is 1. The van der Waals surface area contributed by atoms with Gasteiger partial charge in [0.1, 0.15) is 0 Å². The van der Waals surface area contributed by atoms with Crippen LogP contribution in [0.1, 0.15) is 44.6 Å². The van der Waals surface area contributed by atoms with Crippen molar-refractivity contribution in [1.82, 2.24) is 4.98 Å². The van der Waals surface area contributed by atoms with Gasteiger partial charge in [-0.1, -0.05) is 54.9 Å². The highest BCUT2D eigenvalue weighted by Gasteiger charge is 2.16. The van der Waals surface area contributed by atoms with Crippen molar-refractivity contribution in [3.8, 4) is 10.4 Å². The van der Waals surface area contributed by atoms with Crippen LogP contribution in [-0.4, -0.2) is 23.0 Å². The lowest BCUT2D eigenvalue weighted by atomic mass is 9.97. The molecule has 0 radical (unpaired) electrons. The van der Waals surface area contributed by atoms with Gasteiger partial charge in [0.15, 0.2) is 5.13 Å². The van der Waals surface area contributed by atoms with E-state index in [9.17, 15) is 4.79 Å². The van der Waals surface area contributed by atoms with E-state index in [0.29, 0.717) is 17.8 Å². The molecule has 2 aromatic rings. The molecule has 3 rings (SSSR count). The molecule has 3 N–H and O–H groups in total. The van der Waals surface area contributed by atoms with E-state index in [1.54, 1.807) is 13.1 Å². The van der Waals surface area contributed by atoms with Crippen molar-refractivity contribution in [3.63, 3.8) is 0 Å².